The predicted octanol–water partition coefficient (Wildman–Crippen LogP) is 4.55. The van der Waals surface area contributed by atoms with E-state index in [0.29, 0.717) is 17.9 Å². The summed E-state index contributed by atoms with van der Waals surface area (Å²) in [6.45, 7) is 2.06. The second-order valence-corrected chi connectivity index (χ2v) is 5.86. The quantitative estimate of drug-likeness (QED) is 0.808. The molecule has 0 unspecified atom stereocenters. The molecule has 0 saturated carbocycles. The van der Waals surface area contributed by atoms with Crippen molar-refractivity contribution in [3.05, 3.63) is 64.7 Å². The van der Waals surface area contributed by atoms with Crippen molar-refractivity contribution >= 4 is 17.5 Å². The number of nitrogens with one attached hydrogen (secondary N) is 1. The molecule has 4 heteroatoms. The van der Waals surface area contributed by atoms with E-state index in [4.69, 9.17) is 16.3 Å². The zero-order valence-electron chi connectivity index (χ0n) is 13.5. The molecule has 0 aliphatic heterocycles. The van der Waals surface area contributed by atoms with Gasteiger partial charge in [0.2, 0.25) is 5.91 Å². The molecule has 1 N–H and O–H groups in total. The first-order valence-electron chi connectivity index (χ1n) is 7.80. The summed E-state index contributed by atoms with van der Waals surface area (Å²) in [6, 6.07) is 15.4. The zero-order chi connectivity index (χ0) is 16.7. The largest absolute Gasteiger partial charge is 0.497 e. The van der Waals surface area contributed by atoms with Gasteiger partial charge in [0.1, 0.15) is 5.75 Å². The van der Waals surface area contributed by atoms with Gasteiger partial charge in [-0.2, -0.15) is 0 Å². The Morgan fingerprint density at radius 2 is 1.78 bits per heavy atom. The van der Waals surface area contributed by atoms with Gasteiger partial charge in [0.05, 0.1) is 13.2 Å². The predicted molar refractivity (Wildman–Crippen MR) is 93.9 cm³/mol. The van der Waals surface area contributed by atoms with Gasteiger partial charge in [-0.3, -0.25) is 4.79 Å². The minimum absolute atomic E-state index is 0.0265. The third kappa shape index (κ3) is 5.29. The Bertz CT molecular complexity index is 623. The number of rotatable bonds is 7. The van der Waals surface area contributed by atoms with Crippen molar-refractivity contribution in [3.8, 4) is 5.75 Å². The number of amides is 1. The van der Waals surface area contributed by atoms with Crippen LogP contribution in [0, 0.1) is 0 Å². The van der Waals surface area contributed by atoms with Crippen molar-refractivity contribution in [2.45, 2.75) is 32.2 Å². The summed E-state index contributed by atoms with van der Waals surface area (Å²) in [5.74, 6) is 0.875. The lowest BCUT2D eigenvalue weighted by Crippen LogP contribution is -2.28. The molecular formula is C19H22ClNO2. The first-order valence-corrected chi connectivity index (χ1v) is 8.18. The average Bonchev–Trinajstić information content (AvgIpc) is 2.59. The molecule has 0 saturated heterocycles. The van der Waals surface area contributed by atoms with Crippen LogP contribution < -0.4 is 10.1 Å². The van der Waals surface area contributed by atoms with Crippen molar-refractivity contribution in [2.75, 3.05) is 7.11 Å². The maximum atomic E-state index is 12.2. The summed E-state index contributed by atoms with van der Waals surface area (Å²) >= 11 is 5.86. The van der Waals surface area contributed by atoms with Crippen molar-refractivity contribution in [2.24, 2.45) is 0 Å². The fraction of sp³-hybridized carbons (Fsp3) is 0.316. The molecule has 0 spiro atoms. The van der Waals surface area contributed by atoms with Crippen molar-refractivity contribution in [1.29, 1.82) is 0 Å². The number of methoxy groups -OCH3 is 1. The van der Waals surface area contributed by atoms with E-state index >= 15 is 0 Å². The molecule has 0 fully saturated rings. The highest BCUT2D eigenvalue weighted by atomic mass is 35.5. The number of benzene rings is 2. The van der Waals surface area contributed by atoms with Crippen LogP contribution in [0.25, 0.3) is 0 Å². The Morgan fingerprint density at radius 3 is 2.35 bits per heavy atom. The van der Waals surface area contributed by atoms with Gasteiger partial charge in [0.15, 0.2) is 0 Å². The van der Waals surface area contributed by atoms with Crippen LogP contribution >= 0.6 is 11.6 Å². The van der Waals surface area contributed by atoms with Crippen molar-refractivity contribution < 1.29 is 9.53 Å². The van der Waals surface area contributed by atoms with Gasteiger partial charge in [-0.15, -0.1) is 0 Å². The summed E-state index contributed by atoms with van der Waals surface area (Å²) in [4.78, 5) is 12.2. The van der Waals surface area contributed by atoms with E-state index in [1.807, 2.05) is 48.5 Å². The van der Waals surface area contributed by atoms with Crippen LogP contribution in [0.1, 0.15) is 36.9 Å². The Balaban J connectivity index is 1.89. The van der Waals surface area contributed by atoms with Crippen LogP contribution in [0.4, 0.5) is 0 Å². The Kier molecular flexibility index (Phi) is 6.48. The van der Waals surface area contributed by atoms with Crippen LogP contribution in [0.15, 0.2) is 48.5 Å². The van der Waals surface area contributed by atoms with Crippen LogP contribution in [-0.2, 0) is 11.2 Å². The minimum Gasteiger partial charge on any atom is -0.497 e. The van der Waals surface area contributed by atoms with Gasteiger partial charge in [-0.25, -0.2) is 0 Å². The first kappa shape index (κ1) is 17.4. The third-order valence-corrected chi connectivity index (χ3v) is 4.07. The lowest BCUT2D eigenvalue weighted by atomic mass is 10.0. The SMILES string of the molecule is CC[C@H](NC(=O)CCc1ccc(Cl)cc1)c1ccc(OC)cc1. The number of halogens is 1. The molecule has 2 aromatic carbocycles. The monoisotopic (exact) mass is 331 g/mol. The summed E-state index contributed by atoms with van der Waals surface area (Å²) in [6.07, 6.45) is 2.02. The van der Waals surface area contributed by atoms with Gasteiger partial charge >= 0.3 is 0 Å². The molecule has 1 amide bonds. The van der Waals surface area contributed by atoms with Crippen LogP contribution in [0.2, 0.25) is 5.02 Å². The second-order valence-electron chi connectivity index (χ2n) is 5.43. The van der Waals surface area contributed by atoms with Crippen molar-refractivity contribution in [1.82, 2.24) is 5.32 Å². The lowest BCUT2D eigenvalue weighted by molar-refractivity contribution is -0.121. The molecule has 23 heavy (non-hydrogen) atoms. The molecule has 0 heterocycles. The molecule has 0 aliphatic carbocycles. The number of aryl methyl sites for hydroxylation is 1. The molecule has 2 aromatic rings. The van der Waals surface area contributed by atoms with Crippen LogP contribution in [-0.4, -0.2) is 13.0 Å². The van der Waals surface area contributed by atoms with E-state index in [1.165, 1.54) is 0 Å². The number of ether oxygens (including phenoxy) is 1. The van der Waals surface area contributed by atoms with E-state index in [-0.39, 0.29) is 11.9 Å². The Labute approximate surface area is 142 Å². The zero-order valence-corrected chi connectivity index (χ0v) is 14.3. The molecule has 1 atom stereocenters. The van der Waals surface area contributed by atoms with Gasteiger partial charge in [0.25, 0.3) is 0 Å². The Morgan fingerprint density at radius 1 is 1.13 bits per heavy atom. The summed E-state index contributed by atoms with van der Waals surface area (Å²) < 4.78 is 5.16. The first-order chi connectivity index (χ1) is 11.1. The molecule has 0 radical (unpaired) electrons. The topological polar surface area (TPSA) is 38.3 Å². The highest BCUT2D eigenvalue weighted by Crippen LogP contribution is 2.20. The normalized spacial score (nSPS) is 11.8. The van der Waals surface area contributed by atoms with Crippen LogP contribution in [0.3, 0.4) is 0 Å². The Hall–Kier alpha value is -2.00. The lowest BCUT2D eigenvalue weighted by Gasteiger charge is -2.18. The standard InChI is InChI=1S/C19H22ClNO2/c1-3-18(15-7-11-17(23-2)12-8-15)21-19(22)13-6-14-4-9-16(20)10-5-14/h4-5,7-12,18H,3,6,13H2,1-2H3,(H,21,22)/t18-/m0/s1. The fourth-order valence-corrected chi connectivity index (χ4v) is 2.56. The maximum absolute atomic E-state index is 12.2. The highest BCUT2D eigenvalue weighted by Gasteiger charge is 2.12. The average molecular weight is 332 g/mol. The summed E-state index contributed by atoms with van der Waals surface area (Å²) in [5.41, 5.74) is 2.20. The van der Waals surface area contributed by atoms with E-state index < -0.39 is 0 Å². The fourth-order valence-electron chi connectivity index (χ4n) is 2.43. The van der Waals surface area contributed by atoms with Gasteiger partial charge in [-0.1, -0.05) is 42.8 Å². The molecule has 0 aliphatic rings. The molecule has 2 rings (SSSR count). The van der Waals surface area contributed by atoms with Crippen molar-refractivity contribution in [3.63, 3.8) is 0 Å². The molecular weight excluding hydrogens is 310 g/mol. The van der Waals surface area contributed by atoms with E-state index in [1.54, 1.807) is 7.11 Å². The van der Waals surface area contributed by atoms with Gasteiger partial charge in [-0.05, 0) is 48.2 Å². The van der Waals surface area contributed by atoms with E-state index in [9.17, 15) is 4.79 Å². The second kappa shape index (κ2) is 8.59. The molecule has 0 aromatic heterocycles. The highest BCUT2D eigenvalue weighted by molar-refractivity contribution is 6.30. The van der Waals surface area contributed by atoms with E-state index in [2.05, 4.69) is 12.2 Å². The minimum atomic E-state index is 0.0265. The molecule has 0 bridgehead atoms. The van der Waals surface area contributed by atoms with Gasteiger partial charge < -0.3 is 10.1 Å². The molecule has 3 nitrogen and oxygen atoms in total. The van der Waals surface area contributed by atoms with E-state index in [0.717, 1.165) is 23.3 Å². The molecule has 122 valence electrons. The van der Waals surface area contributed by atoms with Gasteiger partial charge in [0, 0.05) is 11.4 Å². The number of carbonyl (C=O) groups excluding carboxylic acids is 1. The summed E-state index contributed by atoms with van der Waals surface area (Å²) in [7, 11) is 1.64. The smallest absolute Gasteiger partial charge is 0.220 e. The number of hydrogen-bond donors (Lipinski definition) is 1. The van der Waals surface area contributed by atoms with Crippen LogP contribution in [0.5, 0.6) is 5.75 Å². The summed E-state index contributed by atoms with van der Waals surface area (Å²) in [5, 5.41) is 3.81. The third-order valence-electron chi connectivity index (χ3n) is 3.82. The number of hydrogen-bond acceptors (Lipinski definition) is 2. The number of carbonyl (C=O) groups is 1. The maximum Gasteiger partial charge on any atom is 0.220 e.